The van der Waals surface area contributed by atoms with Crippen molar-refractivity contribution in [3.63, 3.8) is 0 Å². The predicted octanol–water partition coefficient (Wildman–Crippen LogP) is 4.33. The van der Waals surface area contributed by atoms with E-state index < -0.39 is 0 Å². The molecule has 1 aliphatic carbocycles. The Morgan fingerprint density at radius 3 is 2.89 bits per heavy atom. The van der Waals surface area contributed by atoms with Crippen LogP contribution in [0.2, 0.25) is 0 Å². The molecule has 1 saturated carbocycles. The summed E-state index contributed by atoms with van der Waals surface area (Å²) < 4.78 is 2.00. The maximum atomic E-state index is 5.81. The van der Waals surface area contributed by atoms with Gasteiger partial charge in [0.15, 0.2) is 0 Å². The molecule has 106 valence electrons. The van der Waals surface area contributed by atoms with Crippen molar-refractivity contribution in [3.05, 3.63) is 26.9 Å². The lowest BCUT2D eigenvalue weighted by atomic mass is 9.76. The minimum absolute atomic E-state index is 0.136. The Labute approximate surface area is 132 Å². The lowest BCUT2D eigenvalue weighted by molar-refractivity contribution is 0.207. The van der Waals surface area contributed by atoms with Gasteiger partial charge >= 0.3 is 0 Å². The van der Waals surface area contributed by atoms with Crippen LogP contribution < -0.4 is 11.3 Å². The summed E-state index contributed by atoms with van der Waals surface area (Å²) in [6, 6.07) is 2.17. The van der Waals surface area contributed by atoms with Crippen LogP contribution in [-0.4, -0.2) is 4.98 Å². The summed E-state index contributed by atoms with van der Waals surface area (Å²) in [5, 5.41) is 0. The molecule has 3 unspecified atom stereocenters. The highest BCUT2D eigenvalue weighted by molar-refractivity contribution is 9.11. The number of aromatic nitrogens is 1. The van der Waals surface area contributed by atoms with Crippen LogP contribution in [0.4, 0.5) is 0 Å². The SMILES string of the molecule is CCC1CCCC(C(NN)c2ncc(Br)cc2Br)C1. The molecular formula is C14H21Br2N3. The Morgan fingerprint density at radius 2 is 2.26 bits per heavy atom. The molecule has 0 radical (unpaired) electrons. The van der Waals surface area contributed by atoms with Gasteiger partial charge in [0.25, 0.3) is 0 Å². The fourth-order valence-corrected chi connectivity index (χ4v) is 4.33. The topological polar surface area (TPSA) is 50.9 Å². The molecule has 0 aromatic carbocycles. The largest absolute Gasteiger partial charge is 0.271 e. The molecule has 19 heavy (non-hydrogen) atoms. The number of nitrogens with two attached hydrogens (primary N) is 1. The van der Waals surface area contributed by atoms with Gasteiger partial charge < -0.3 is 0 Å². The van der Waals surface area contributed by atoms with E-state index in [-0.39, 0.29) is 6.04 Å². The first kappa shape index (κ1) is 15.4. The molecule has 0 bridgehead atoms. The van der Waals surface area contributed by atoms with E-state index in [4.69, 9.17) is 5.84 Å². The third-order valence-electron chi connectivity index (χ3n) is 4.18. The van der Waals surface area contributed by atoms with E-state index in [0.29, 0.717) is 5.92 Å². The summed E-state index contributed by atoms with van der Waals surface area (Å²) in [4.78, 5) is 4.54. The molecule has 3 N–H and O–H groups in total. The van der Waals surface area contributed by atoms with E-state index in [9.17, 15) is 0 Å². The molecule has 1 aromatic rings. The van der Waals surface area contributed by atoms with Crippen molar-refractivity contribution in [1.29, 1.82) is 0 Å². The summed E-state index contributed by atoms with van der Waals surface area (Å²) in [5.41, 5.74) is 4.01. The smallest absolute Gasteiger partial charge is 0.0732 e. The maximum Gasteiger partial charge on any atom is 0.0732 e. The quantitative estimate of drug-likeness (QED) is 0.594. The molecule has 0 saturated heterocycles. The minimum atomic E-state index is 0.136. The van der Waals surface area contributed by atoms with Crippen LogP contribution in [0.25, 0.3) is 0 Å². The van der Waals surface area contributed by atoms with Crippen LogP contribution in [0.1, 0.15) is 50.8 Å². The van der Waals surface area contributed by atoms with Crippen molar-refractivity contribution in [3.8, 4) is 0 Å². The Bertz CT molecular complexity index is 425. The van der Waals surface area contributed by atoms with E-state index in [1.54, 1.807) is 0 Å². The molecule has 0 spiro atoms. The summed E-state index contributed by atoms with van der Waals surface area (Å²) in [5.74, 6) is 7.22. The highest BCUT2D eigenvalue weighted by atomic mass is 79.9. The number of hydrogen-bond donors (Lipinski definition) is 2. The molecule has 3 nitrogen and oxygen atoms in total. The fraction of sp³-hybridized carbons (Fsp3) is 0.643. The molecule has 5 heteroatoms. The third kappa shape index (κ3) is 3.78. The minimum Gasteiger partial charge on any atom is -0.271 e. The number of halogens is 2. The van der Waals surface area contributed by atoms with Crippen molar-refractivity contribution >= 4 is 31.9 Å². The monoisotopic (exact) mass is 389 g/mol. The highest BCUT2D eigenvalue weighted by Crippen LogP contribution is 2.39. The summed E-state index contributed by atoms with van der Waals surface area (Å²) >= 11 is 7.04. The second-order valence-corrected chi connectivity index (χ2v) is 7.14. The highest BCUT2D eigenvalue weighted by Gasteiger charge is 2.30. The predicted molar refractivity (Wildman–Crippen MR) is 85.4 cm³/mol. The van der Waals surface area contributed by atoms with Crippen LogP contribution in [-0.2, 0) is 0 Å². The second-order valence-electron chi connectivity index (χ2n) is 5.37. The van der Waals surface area contributed by atoms with Crippen molar-refractivity contribution in [2.75, 3.05) is 0 Å². The number of nitrogens with one attached hydrogen (secondary N) is 1. The zero-order chi connectivity index (χ0) is 13.8. The van der Waals surface area contributed by atoms with Gasteiger partial charge in [-0.3, -0.25) is 16.3 Å². The molecule has 0 amide bonds. The normalized spacial score (nSPS) is 25.3. The molecule has 2 rings (SSSR count). The van der Waals surface area contributed by atoms with Gasteiger partial charge in [-0.1, -0.05) is 26.2 Å². The zero-order valence-electron chi connectivity index (χ0n) is 11.2. The average Bonchev–Trinajstić information content (AvgIpc) is 2.42. The summed E-state index contributed by atoms with van der Waals surface area (Å²) in [7, 11) is 0. The Balaban J connectivity index is 2.19. The fourth-order valence-electron chi connectivity index (χ4n) is 3.10. The molecule has 3 atom stereocenters. The van der Waals surface area contributed by atoms with Gasteiger partial charge in [0, 0.05) is 15.1 Å². The molecular weight excluding hydrogens is 370 g/mol. The van der Waals surface area contributed by atoms with Gasteiger partial charge in [0.1, 0.15) is 0 Å². The van der Waals surface area contributed by atoms with Crippen molar-refractivity contribution in [2.24, 2.45) is 17.7 Å². The van der Waals surface area contributed by atoms with Gasteiger partial charge in [-0.25, -0.2) is 0 Å². The van der Waals surface area contributed by atoms with Gasteiger partial charge in [-0.2, -0.15) is 0 Å². The Kier molecular flexibility index (Phi) is 5.81. The van der Waals surface area contributed by atoms with Crippen LogP contribution in [0.3, 0.4) is 0 Å². The first-order valence-electron chi connectivity index (χ1n) is 6.92. The number of pyridine rings is 1. The number of rotatable bonds is 4. The standard InChI is InChI=1S/C14H21Br2N3/c1-2-9-4-3-5-10(6-9)13(19-17)14-12(16)7-11(15)8-18-14/h7-10,13,19H,2-6,17H2,1H3. The summed E-state index contributed by atoms with van der Waals surface area (Å²) in [6.45, 7) is 2.28. The first-order valence-corrected chi connectivity index (χ1v) is 8.51. The van der Waals surface area contributed by atoms with E-state index in [2.05, 4.69) is 49.2 Å². The lowest BCUT2D eigenvalue weighted by Crippen LogP contribution is -2.36. The van der Waals surface area contributed by atoms with Gasteiger partial charge in [0.05, 0.1) is 11.7 Å². The van der Waals surface area contributed by atoms with Gasteiger partial charge in [-0.15, -0.1) is 0 Å². The lowest BCUT2D eigenvalue weighted by Gasteiger charge is -2.34. The van der Waals surface area contributed by atoms with Crippen molar-refractivity contribution in [2.45, 2.75) is 45.1 Å². The van der Waals surface area contributed by atoms with E-state index in [0.717, 1.165) is 20.6 Å². The average molecular weight is 391 g/mol. The van der Waals surface area contributed by atoms with E-state index >= 15 is 0 Å². The molecule has 0 aliphatic heterocycles. The van der Waals surface area contributed by atoms with Crippen molar-refractivity contribution < 1.29 is 0 Å². The Morgan fingerprint density at radius 1 is 1.47 bits per heavy atom. The molecule has 1 fully saturated rings. The molecule has 1 aromatic heterocycles. The molecule has 1 heterocycles. The Hall–Kier alpha value is 0.0300. The van der Waals surface area contributed by atoms with Gasteiger partial charge in [0.2, 0.25) is 0 Å². The van der Waals surface area contributed by atoms with Crippen LogP contribution in [0.5, 0.6) is 0 Å². The van der Waals surface area contributed by atoms with E-state index in [1.165, 1.54) is 32.1 Å². The third-order valence-corrected chi connectivity index (χ3v) is 5.25. The van der Waals surface area contributed by atoms with Crippen molar-refractivity contribution in [1.82, 2.24) is 10.4 Å². The number of hydrogen-bond acceptors (Lipinski definition) is 3. The van der Waals surface area contributed by atoms with Gasteiger partial charge in [-0.05, 0) is 62.6 Å². The zero-order valence-corrected chi connectivity index (χ0v) is 14.4. The van der Waals surface area contributed by atoms with Crippen LogP contribution in [0.15, 0.2) is 21.2 Å². The second kappa shape index (κ2) is 7.16. The first-order chi connectivity index (χ1) is 9.15. The summed E-state index contributed by atoms with van der Waals surface area (Å²) in [6.07, 6.45) is 8.24. The number of hydrazine groups is 1. The maximum absolute atomic E-state index is 5.81. The van der Waals surface area contributed by atoms with E-state index in [1.807, 2.05) is 12.3 Å². The van der Waals surface area contributed by atoms with Crippen LogP contribution >= 0.6 is 31.9 Å². The number of nitrogens with zero attached hydrogens (tertiary/aromatic N) is 1. The molecule has 1 aliphatic rings. The van der Waals surface area contributed by atoms with Crippen LogP contribution in [0, 0.1) is 11.8 Å².